The van der Waals surface area contributed by atoms with Crippen LogP contribution in [0.2, 0.25) is 0 Å². The number of nitrogens with zero attached hydrogens (tertiary/aromatic N) is 2. The van der Waals surface area contributed by atoms with E-state index in [2.05, 4.69) is 36.9 Å². The van der Waals surface area contributed by atoms with Gasteiger partial charge in [0.2, 0.25) is 0 Å². The highest BCUT2D eigenvalue weighted by atomic mass is 79.9. The average Bonchev–Trinajstić information content (AvgIpc) is 3.15. The van der Waals surface area contributed by atoms with Crippen molar-refractivity contribution >= 4 is 55.2 Å². The van der Waals surface area contributed by atoms with Gasteiger partial charge in [0.05, 0.1) is 50.1 Å². The normalized spacial score (nSPS) is 15.4. The highest BCUT2D eigenvalue weighted by Crippen LogP contribution is 2.36. The summed E-state index contributed by atoms with van der Waals surface area (Å²) in [5.74, 6) is 0.919. The number of ether oxygens (including phenoxy) is 3. The van der Waals surface area contributed by atoms with Gasteiger partial charge in [-0.1, -0.05) is 23.5 Å². The molecule has 4 rings (SSSR count). The zero-order chi connectivity index (χ0) is 27.6. The monoisotopic (exact) mass is 662 g/mol. The lowest BCUT2D eigenvalue weighted by atomic mass is 9.96. The first-order valence-corrected chi connectivity index (χ1v) is 14.6. The van der Waals surface area contributed by atoms with Crippen LogP contribution in [0, 0.1) is 0 Å². The highest BCUT2D eigenvalue weighted by Gasteiger charge is 2.33. The molecule has 0 radical (unpaired) electrons. The molecule has 0 amide bonds. The predicted octanol–water partition coefficient (Wildman–Crippen LogP) is 5.51. The minimum absolute atomic E-state index is 0.0107. The van der Waals surface area contributed by atoms with Gasteiger partial charge in [0.15, 0.2) is 4.80 Å². The summed E-state index contributed by atoms with van der Waals surface area (Å²) in [6.45, 7) is 10.1. The average molecular weight is 664 g/mol. The number of rotatable bonds is 8. The Labute approximate surface area is 241 Å². The Morgan fingerprint density at radius 2 is 1.79 bits per heavy atom. The molecule has 0 unspecified atom stereocenters. The molecule has 3 aromatic rings. The molecule has 10 heteroatoms. The van der Waals surface area contributed by atoms with Gasteiger partial charge < -0.3 is 14.2 Å². The van der Waals surface area contributed by atoms with Crippen molar-refractivity contribution in [3.05, 3.63) is 87.4 Å². The van der Waals surface area contributed by atoms with E-state index in [4.69, 9.17) is 14.2 Å². The first kappa shape index (κ1) is 28.3. The second kappa shape index (κ2) is 12.0. The molecular weight excluding hydrogens is 636 g/mol. The zero-order valence-corrected chi connectivity index (χ0v) is 25.7. The number of carbonyl (C=O) groups is 1. The SMILES string of the molecule is CCOC(=O)C1=C(C)N=c2s/c(=C\c3cc(Br)c(OC(C)C)c(Br)c3)c(=O)n2[C@@H]1c1ccc(OCC)cc1. The van der Waals surface area contributed by atoms with Gasteiger partial charge in [0, 0.05) is 0 Å². The molecule has 1 aliphatic heterocycles. The highest BCUT2D eigenvalue weighted by molar-refractivity contribution is 9.11. The fraction of sp³-hybridized carbons (Fsp3) is 0.321. The molecule has 200 valence electrons. The maximum atomic E-state index is 13.8. The number of hydrogen-bond donors (Lipinski definition) is 0. The smallest absolute Gasteiger partial charge is 0.338 e. The van der Waals surface area contributed by atoms with Crippen LogP contribution in [0.15, 0.2) is 66.4 Å². The fourth-order valence-corrected chi connectivity index (χ4v) is 6.64. The first-order valence-electron chi connectivity index (χ1n) is 12.2. The Morgan fingerprint density at radius 3 is 2.37 bits per heavy atom. The standard InChI is InChI=1S/C28H28Br2N2O5S/c1-6-35-19-10-8-18(9-11-19)24-23(27(34)36-7-2)16(5)31-28-32(24)26(33)22(38-28)14-17-12-20(29)25(21(30)13-17)37-15(3)4/h8-15,24H,6-7H2,1-5H3/b22-14-/t24-/m1/s1. The van der Waals surface area contributed by atoms with Crippen LogP contribution in [0.3, 0.4) is 0 Å². The van der Waals surface area contributed by atoms with Gasteiger partial charge in [-0.3, -0.25) is 9.36 Å². The van der Waals surface area contributed by atoms with Crippen molar-refractivity contribution in [3.8, 4) is 11.5 Å². The second-order valence-electron chi connectivity index (χ2n) is 8.78. The van der Waals surface area contributed by atoms with E-state index < -0.39 is 12.0 Å². The lowest BCUT2D eigenvalue weighted by molar-refractivity contribution is -0.139. The summed E-state index contributed by atoms with van der Waals surface area (Å²) in [4.78, 5) is 32.0. The lowest BCUT2D eigenvalue weighted by Crippen LogP contribution is -2.39. The van der Waals surface area contributed by atoms with Crippen LogP contribution >= 0.6 is 43.2 Å². The van der Waals surface area contributed by atoms with Crippen LogP contribution in [-0.4, -0.2) is 29.9 Å². The van der Waals surface area contributed by atoms with Gasteiger partial charge in [0.25, 0.3) is 5.56 Å². The van der Waals surface area contributed by atoms with E-state index in [1.807, 2.05) is 63.2 Å². The van der Waals surface area contributed by atoms with Crippen molar-refractivity contribution in [2.45, 2.75) is 46.8 Å². The summed E-state index contributed by atoms with van der Waals surface area (Å²) in [5, 5.41) is 0. The predicted molar refractivity (Wildman–Crippen MR) is 156 cm³/mol. The summed E-state index contributed by atoms with van der Waals surface area (Å²) >= 11 is 8.43. The molecule has 2 heterocycles. The Morgan fingerprint density at radius 1 is 1.13 bits per heavy atom. The molecular formula is C28H28Br2N2O5S. The van der Waals surface area contributed by atoms with E-state index in [0.717, 1.165) is 20.1 Å². The molecule has 1 aromatic heterocycles. The van der Waals surface area contributed by atoms with Crippen molar-refractivity contribution in [2.24, 2.45) is 4.99 Å². The second-order valence-corrected chi connectivity index (χ2v) is 11.5. The number of carbonyl (C=O) groups excluding carboxylic acids is 1. The van der Waals surface area contributed by atoms with E-state index in [-0.39, 0.29) is 18.3 Å². The zero-order valence-electron chi connectivity index (χ0n) is 21.7. The number of benzene rings is 2. The molecule has 1 aliphatic rings. The molecule has 0 spiro atoms. The number of fused-ring (bicyclic) bond motifs is 1. The lowest BCUT2D eigenvalue weighted by Gasteiger charge is -2.24. The van der Waals surface area contributed by atoms with Gasteiger partial charge in [0.1, 0.15) is 11.5 Å². The molecule has 38 heavy (non-hydrogen) atoms. The van der Waals surface area contributed by atoms with Gasteiger partial charge in [-0.15, -0.1) is 0 Å². The summed E-state index contributed by atoms with van der Waals surface area (Å²) in [6, 6.07) is 10.5. The van der Waals surface area contributed by atoms with E-state index in [9.17, 15) is 9.59 Å². The maximum absolute atomic E-state index is 13.8. The number of aromatic nitrogens is 1. The number of allylic oxidation sites excluding steroid dienone is 1. The fourth-order valence-electron chi connectivity index (χ4n) is 4.18. The molecule has 0 fully saturated rings. The third-order valence-electron chi connectivity index (χ3n) is 5.70. The molecule has 1 atom stereocenters. The van der Waals surface area contributed by atoms with Crippen molar-refractivity contribution in [3.63, 3.8) is 0 Å². The van der Waals surface area contributed by atoms with E-state index in [0.29, 0.717) is 38.7 Å². The molecule has 0 bridgehead atoms. The minimum atomic E-state index is -0.677. The Hall–Kier alpha value is -2.69. The van der Waals surface area contributed by atoms with Crippen molar-refractivity contribution in [1.82, 2.24) is 4.57 Å². The van der Waals surface area contributed by atoms with Crippen LogP contribution in [0.5, 0.6) is 11.5 Å². The van der Waals surface area contributed by atoms with Gasteiger partial charge in [-0.05, 0) is 108 Å². The van der Waals surface area contributed by atoms with Crippen molar-refractivity contribution < 1.29 is 19.0 Å². The van der Waals surface area contributed by atoms with Gasteiger partial charge >= 0.3 is 5.97 Å². The van der Waals surface area contributed by atoms with E-state index in [1.165, 1.54) is 11.3 Å². The Bertz CT molecular complexity index is 1550. The van der Waals surface area contributed by atoms with Crippen LogP contribution in [0.1, 0.15) is 51.8 Å². The quantitative estimate of drug-likeness (QED) is 0.297. The van der Waals surface area contributed by atoms with Crippen molar-refractivity contribution in [2.75, 3.05) is 13.2 Å². The molecule has 0 saturated carbocycles. The summed E-state index contributed by atoms with van der Waals surface area (Å²) < 4.78 is 20.4. The minimum Gasteiger partial charge on any atom is -0.494 e. The topological polar surface area (TPSA) is 79.1 Å². The summed E-state index contributed by atoms with van der Waals surface area (Å²) in [7, 11) is 0. The van der Waals surface area contributed by atoms with E-state index in [1.54, 1.807) is 18.4 Å². The molecule has 2 aromatic carbocycles. The number of thiazole rings is 1. The maximum Gasteiger partial charge on any atom is 0.338 e. The number of halogens is 2. The van der Waals surface area contributed by atoms with Gasteiger partial charge in [-0.25, -0.2) is 9.79 Å². The number of hydrogen-bond acceptors (Lipinski definition) is 7. The third-order valence-corrected chi connectivity index (χ3v) is 7.86. The molecule has 7 nitrogen and oxygen atoms in total. The van der Waals surface area contributed by atoms with Crippen LogP contribution in [-0.2, 0) is 9.53 Å². The third kappa shape index (κ3) is 5.82. The molecule has 0 saturated heterocycles. The Balaban J connectivity index is 1.88. The summed E-state index contributed by atoms with van der Waals surface area (Å²) in [5.41, 5.74) is 2.20. The Kier molecular flexibility index (Phi) is 8.95. The number of esters is 1. The van der Waals surface area contributed by atoms with Crippen molar-refractivity contribution in [1.29, 1.82) is 0 Å². The van der Waals surface area contributed by atoms with Crippen LogP contribution < -0.4 is 24.4 Å². The molecule has 0 aliphatic carbocycles. The summed E-state index contributed by atoms with van der Waals surface area (Å²) in [6.07, 6.45) is 1.83. The van der Waals surface area contributed by atoms with Gasteiger partial charge in [-0.2, -0.15) is 0 Å². The largest absolute Gasteiger partial charge is 0.494 e. The van der Waals surface area contributed by atoms with Crippen LogP contribution in [0.4, 0.5) is 0 Å². The van der Waals surface area contributed by atoms with E-state index >= 15 is 0 Å². The van der Waals surface area contributed by atoms with Crippen LogP contribution in [0.25, 0.3) is 6.08 Å². The molecule has 0 N–H and O–H groups in total. The first-order chi connectivity index (χ1) is 18.1.